The molecule has 0 spiro atoms. The molecule has 3 aliphatic rings. The number of fused-ring (bicyclic) bond motifs is 6. The van der Waals surface area contributed by atoms with Gasteiger partial charge < -0.3 is 14.7 Å². The number of carboxylic acids is 1. The lowest BCUT2D eigenvalue weighted by atomic mass is 9.85. The van der Waals surface area contributed by atoms with E-state index in [4.69, 9.17) is 4.74 Å². The van der Waals surface area contributed by atoms with Crippen LogP contribution in [0.25, 0.3) is 11.0 Å². The van der Waals surface area contributed by atoms with Crippen LogP contribution in [0.2, 0.25) is 0 Å². The van der Waals surface area contributed by atoms with E-state index in [1.54, 1.807) is 0 Å². The van der Waals surface area contributed by atoms with Crippen molar-refractivity contribution in [1.82, 2.24) is 19.9 Å². The van der Waals surface area contributed by atoms with Gasteiger partial charge >= 0.3 is 5.97 Å². The van der Waals surface area contributed by atoms with Gasteiger partial charge in [-0.2, -0.15) is 0 Å². The van der Waals surface area contributed by atoms with Gasteiger partial charge in [0.15, 0.2) is 0 Å². The molecule has 1 unspecified atom stereocenters. The van der Waals surface area contributed by atoms with Crippen LogP contribution in [0.1, 0.15) is 69.8 Å². The average Bonchev–Trinajstić information content (AvgIpc) is 3.35. The maximum atomic E-state index is 13.6. The number of carboxylic acid groups (broad SMARTS) is 1. The number of carbonyl (C=O) groups excluding carboxylic acids is 1. The molecule has 39 heavy (non-hydrogen) atoms. The minimum atomic E-state index is -0.860. The van der Waals surface area contributed by atoms with Crippen molar-refractivity contribution in [2.75, 3.05) is 13.2 Å². The second-order valence-electron chi connectivity index (χ2n) is 10.6. The Balaban J connectivity index is 1.41. The van der Waals surface area contributed by atoms with E-state index < -0.39 is 5.97 Å². The van der Waals surface area contributed by atoms with Gasteiger partial charge in [-0.05, 0) is 79.1 Å². The molecule has 1 aromatic heterocycles. The van der Waals surface area contributed by atoms with Crippen molar-refractivity contribution in [1.29, 1.82) is 0 Å². The first-order valence-corrected chi connectivity index (χ1v) is 13.7. The van der Waals surface area contributed by atoms with Crippen molar-refractivity contribution >= 4 is 22.9 Å². The number of rotatable bonds is 2. The molecule has 4 heterocycles. The highest BCUT2D eigenvalue weighted by Crippen LogP contribution is 2.33. The Labute approximate surface area is 227 Å². The van der Waals surface area contributed by atoms with Gasteiger partial charge in [0.25, 0.3) is 5.91 Å². The van der Waals surface area contributed by atoms with E-state index >= 15 is 0 Å². The minimum absolute atomic E-state index is 0.00481. The Morgan fingerprint density at radius 3 is 2.74 bits per heavy atom. The van der Waals surface area contributed by atoms with Crippen molar-refractivity contribution in [3.8, 4) is 5.75 Å². The normalized spacial score (nSPS) is 17.8. The molecular weight excluding hydrogens is 492 g/mol. The van der Waals surface area contributed by atoms with Crippen LogP contribution in [-0.4, -0.2) is 50.0 Å². The number of ether oxygens (including phenoxy) is 1. The zero-order valence-corrected chi connectivity index (χ0v) is 22.1. The number of hydrogen-bond acceptors (Lipinski definition) is 5. The first-order valence-electron chi connectivity index (χ1n) is 13.7. The van der Waals surface area contributed by atoms with E-state index in [0.717, 1.165) is 71.3 Å². The molecule has 1 N–H and O–H groups in total. The molecule has 8 heteroatoms. The monoisotopic (exact) mass is 524 g/mol. The number of benzene rings is 3. The standard InChI is InChI=1S/C31H32N4O4/c1-20-25-6-5-7-29(20)39-15-4-2-3-13-35-28-11-10-23(17-27(28)32-33-35)26(18-30(36)37)22-9-8-21-12-14-34(31(25)38)19-24(21)16-22/h5-11,16-17,26H,2-4,12-15,18-19H2,1H3,(H,36,37). The van der Waals surface area contributed by atoms with Gasteiger partial charge in [-0.25, -0.2) is 4.68 Å². The molecule has 200 valence electrons. The van der Waals surface area contributed by atoms with Crippen LogP contribution < -0.4 is 4.74 Å². The van der Waals surface area contributed by atoms with Gasteiger partial charge in [0.05, 0.1) is 18.5 Å². The largest absolute Gasteiger partial charge is 0.493 e. The first kappa shape index (κ1) is 25.1. The smallest absolute Gasteiger partial charge is 0.304 e. The Bertz CT molecular complexity index is 1560. The summed E-state index contributed by atoms with van der Waals surface area (Å²) in [5.41, 5.74) is 7.32. The summed E-state index contributed by atoms with van der Waals surface area (Å²) < 4.78 is 8.01. The number of aryl methyl sites for hydroxylation is 1. The quantitative estimate of drug-likeness (QED) is 0.392. The van der Waals surface area contributed by atoms with E-state index in [2.05, 4.69) is 22.4 Å². The van der Waals surface area contributed by atoms with Gasteiger partial charge in [-0.3, -0.25) is 9.59 Å². The van der Waals surface area contributed by atoms with Crippen LogP contribution in [0.5, 0.6) is 5.75 Å². The van der Waals surface area contributed by atoms with E-state index in [1.807, 2.05) is 59.0 Å². The van der Waals surface area contributed by atoms with E-state index in [0.29, 0.717) is 25.3 Å². The number of amides is 1. The summed E-state index contributed by atoms with van der Waals surface area (Å²) in [7, 11) is 0. The molecule has 1 amide bonds. The van der Waals surface area contributed by atoms with Crippen LogP contribution in [0.3, 0.4) is 0 Å². The van der Waals surface area contributed by atoms with Crippen LogP contribution in [0.15, 0.2) is 54.6 Å². The Hall–Kier alpha value is -4.20. The molecule has 0 fully saturated rings. The fourth-order valence-corrected chi connectivity index (χ4v) is 5.84. The Morgan fingerprint density at radius 1 is 1.03 bits per heavy atom. The number of nitrogens with zero attached hydrogens (tertiary/aromatic N) is 4. The average molecular weight is 525 g/mol. The van der Waals surface area contributed by atoms with Gasteiger partial charge in [0.1, 0.15) is 11.3 Å². The molecule has 4 aromatic rings. The number of aliphatic carboxylic acids is 1. The molecule has 0 saturated carbocycles. The summed E-state index contributed by atoms with van der Waals surface area (Å²) in [5, 5.41) is 18.5. The second-order valence-corrected chi connectivity index (χ2v) is 10.6. The summed E-state index contributed by atoms with van der Waals surface area (Å²) in [5.74, 6) is -0.449. The number of aromatic nitrogens is 3. The Morgan fingerprint density at radius 2 is 1.87 bits per heavy atom. The lowest BCUT2D eigenvalue weighted by Crippen LogP contribution is -2.36. The fourth-order valence-electron chi connectivity index (χ4n) is 5.84. The third kappa shape index (κ3) is 4.99. The zero-order valence-electron chi connectivity index (χ0n) is 22.1. The molecule has 8 nitrogen and oxygen atoms in total. The third-order valence-corrected chi connectivity index (χ3v) is 8.04. The van der Waals surface area contributed by atoms with Gasteiger partial charge in [0.2, 0.25) is 0 Å². The first-order chi connectivity index (χ1) is 19.0. The van der Waals surface area contributed by atoms with Gasteiger partial charge in [0, 0.05) is 36.7 Å². The summed E-state index contributed by atoms with van der Waals surface area (Å²) in [6.45, 7) is 4.41. The van der Waals surface area contributed by atoms with E-state index in [9.17, 15) is 14.7 Å². The van der Waals surface area contributed by atoms with E-state index in [-0.39, 0.29) is 18.2 Å². The number of carbonyl (C=O) groups is 2. The molecule has 0 saturated heterocycles. The summed E-state index contributed by atoms with van der Waals surface area (Å²) >= 11 is 0. The molecule has 3 aliphatic heterocycles. The molecule has 1 atom stereocenters. The van der Waals surface area contributed by atoms with Crippen LogP contribution >= 0.6 is 0 Å². The molecule has 7 rings (SSSR count). The van der Waals surface area contributed by atoms with Gasteiger partial charge in [-0.15, -0.1) is 5.10 Å². The summed E-state index contributed by atoms with van der Waals surface area (Å²) in [6, 6.07) is 17.9. The summed E-state index contributed by atoms with van der Waals surface area (Å²) in [6.07, 6.45) is 3.54. The highest BCUT2D eigenvalue weighted by atomic mass is 16.5. The van der Waals surface area contributed by atoms with Crippen molar-refractivity contribution in [2.45, 2.75) is 58.0 Å². The van der Waals surface area contributed by atoms with Crippen molar-refractivity contribution in [3.63, 3.8) is 0 Å². The highest BCUT2D eigenvalue weighted by Gasteiger charge is 2.26. The van der Waals surface area contributed by atoms with Crippen molar-refractivity contribution in [3.05, 3.63) is 88.0 Å². The zero-order chi connectivity index (χ0) is 26.9. The fraction of sp³-hybridized carbons (Fsp3) is 0.355. The topological polar surface area (TPSA) is 97.5 Å². The number of hydrogen-bond donors (Lipinski definition) is 1. The lowest BCUT2D eigenvalue weighted by Gasteiger charge is -2.30. The predicted molar refractivity (Wildman–Crippen MR) is 147 cm³/mol. The van der Waals surface area contributed by atoms with Crippen molar-refractivity contribution < 1.29 is 19.4 Å². The van der Waals surface area contributed by atoms with Gasteiger partial charge in [-0.1, -0.05) is 35.5 Å². The van der Waals surface area contributed by atoms with Crippen LogP contribution in [-0.2, 0) is 24.3 Å². The van der Waals surface area contributed by atoms with E-state index in [1.165, 1.54) is 5.56 Å². The lowest BCUT2D eigenvalue weighted by molar-refractivity contribution is -0.137. The van der Waals surface area contributed by atoms with Crippen LogP contribution in [0, 0.1) is 6.92 Å². The molecule has 0 radical (unpaired) electrons. The maximum Gasteiger partial charge on any atom is 0.304 e. The predicted octanol–water partition coefficient (Wildman–Crippen LogP) is 5.11. The van der Waals surface area contributed by atoms with Crippen molar-refractivity contribution in [2.24, 2.45) is 0 Å². The van der Waals surface area contributed by atoms with Crippen LogP contribution in [0.4, 0.5) is 0 Å². The third-order valence-electron chi connectivity index (χ3n) is 8.04. The Kier molecular flexibility index (Phi) is 6.77. The molecule has 0 aliphatic carbocycles. The second kappa shape index (κ2) is 10.5. The highest BCUT2D eigenvalue weighted by molar-refractivity contribution is 5.96. The SMILES string of the molecule is Cc1c2cccc1C(=O)N1CCc3ccc(cc3C1)C(CC(=O)O)c1ccc3c(c1)nnn3CCCCCO2. The summed E-state index contributed by atoms with van der Waals surface area (Å²) in [4.78, 5) is 27.4. The molecule has 3 aromatic carbocycles. The maximum absolute atomic E-state index is 13.6. The minimum Gasteiger partial charge on any atom is -0.493 e. The molecular formula is C31H32N4O4. The molecule has 9 bridgehead atoms.